The Morgan fingerprint density at radius 3 is 2.05 bits per heavy atom. The normalized spacial score (nSPS) is 26.4. The zero-order chi connectivity index (χ0) is 15.9. The van der Waals surface area contributed by atoms with Crippen molar-refractivity contribution in [3.8, 4) is 0 Å². The third-order valence-corrected chi connectivity index (χ3v) is 5.67. The van der Waals surface area contributed by atoms with Crippen LogP contribution in [0.5, 0.6) is 0 Å². The molecule has 2 atom stereocenters. The van der Waals surface area contributed by atoms with E-state index in [0.29, 0.717) is 0 Å². The van der Waals surface area contributed by atoms with Gasteiger partial charge in [0.15, 0.2) is 5.25 Å². The second kappa shape index (κ2) is 5.04. The van der Waals surface area contributed by atoms with Crippen LogP contribution in [-0.4, -0.2) is 41.2 Å². The summed E-state index contributed by atoms with van der Waals surface area (Å²) in [6.07, 6.45) is 3.13. The van der Waals surface area contributed by atoms with Crippen molar-refractivity contribution in [2.24, 2.45) is 0 Å². The van der Waals surface area contributed by atoms with Crippen molar-refractivity contribution in [1.82, 2.24) is 0 Å². The highest BCUT2D eigenvalue weighted by Crippen LogP contribution is 2.40. The van der Waals surface area contributed by atoms with Gasteiger partial charge >= 0.3 is 10.1 Å². The number of allylic oxidation sites excluding steroid dienone is 2. The van der Waals surface area contributed by atoms with E-state index in [2.05, 4.69) is 0 Å². The number of rotatable bonds is 3. The van der Waals surface area contributed by atoms with Gasteiger partial charge in [0, 0.05) is 5.57 Å². The smallest absolute Gasteiger partial charge is 0.301 e. The SMILES string of the molecule is O=S(=O)(O)C1C=CC=C(c2ccccc2)C1(O)S(=O)(=O)O. The molecule has 1 aliphatic rings. The molecule has 0 bridgehead atoms. The number of benzene rings is 1. The van der Waals surface area contributed by atoms with Crippen LogP contribution in [0.4, 0.5) is 0 Å². The van der Waals surface area contributed by atoms with E-state index < -0.39 is 30.4 Å². The maximum absolute atomic E-state index is 11.6. The summed E-state index contributed by atoms with van der Waals surface area (Å²) in [5.74, 6) is 0. The molecule has 21 heavy (non-hydrogen) atoms. The Labute approximate surface area is 121 Å². The number of hydrogen-bond acceptors (Lipinski definition) is 5. The fourth-order valence-corrected chi connectivity index (χ4v) is 4.55. The molecule has 1 aliphatic carbocycles. The molecule has 0 spiro atoms. The van der Waals surface area contributed by atoms with Crippen LogP contribution in [0.25, 0.3) is 5.57 Å². The molecule has 0 saturated carbocycles. The molecule has 1 aromatic rings. The first-order valence-electron chi connectivity index (χ1n) is 5.68. The van der Waals surface area contributed by atoms with Crippen LogP contribution in [0.2, 0.25) is 0 Å². The van der Waals surface area contributed by atoms with Gasteiger partial charge in [-0.15, -0.1) is 0 Å². The summed E-state index contributed by atoms with van der Waals surface area (Å²) in [5, 5.41) is 8.18. The molecular weight excluding hydrogens is 320 g/mol. The summed E-state index contributed by atoms with van der Waals surface area (Å²) in [4.78, 5) is -3.20. The van der Waals surface area contributed by atoms with Gasteiger partial charge in [-0.1, -0.05) is 48.6 Å². The minimum Gasteiger partial charge on any atom is -0.368 e. The number of aliphatic hydroxyl groups is 1. The van der Waals surface area contributed by atoms with Gasteiger partial charge in [0.25, 0.3) is 10.1 Å². The van der Waals surface area contributed by atoms with Gasteiger partial charge in [-0.05, 0) is 5.56 Å². The molecule has 1 aromatic carbocycles. The van der Waals surface area contributed by atoms with E-state index >= 15 is 0 Å². The van der Waals surface area contributed by atoms with Crippen LogP contribution in [0.1, 0.15) is 5.56 Å². The first-order chi connectivity index (χ1) is 9.58. The summed E-state index contributed by atoms with van der Waals surface area (Å²) >= 11 is 0. The quantitative estimate of drug-likeness (QED) is 0.686. The molecule has 0 aromatic heterocycles. The lowest BCUT2D eigenvalue weighted by atomic mass is 9.94. The van der Waals surface area contributed by atoms with E-state index in [-0.39, 0.29) is 11.1 Å². The lowest BCUT2D eigenvalue weighted by Crippen LogP contribution is -2.53. The van der Waals surface area contributed by atoms with Crippen molar-refractivity contribution >= 4 is 25.8 Å². The van der Waals surface area contributed by atoms with Crippen molar-refractivity contribution in [2.75, 3.05) is 0 Å². The van der Waals surface area contributed by atoms with Crippen molar-refractivity contribution in [3.63, 3.8) is 0 Å². The fourth-order valence-electron chi connectivity index (χ4n) is 2.16. The standard InChI is InChI=1S/C12H12O7S2/c13-12(21(17,18)19)10(9-5-2-1-3-6-9)7-4-8-11(12)20(14,15)16/h1-8,11,13H,(H,14,15,16)(H,17,18,19). The molecule has 2 unspecified atom stereocenters. The van der Waals surface area contributed by atoms with Gasteiger partial charge in [-0.2, -0.15) is 16.8 Å². The fraction of sp³-hybridized carbons (Fsp3) is 0.167. The molecule has 0 saturated heterocycles. The van der Waals surface area contributed by atoms with Gasteiger partial charge < -0.3 is 5.11 Å². The molecule has 7 nitrogen and oxygen atoms in total. The zero-order valence-corrected chi connectivity index (χ0v) is 12.1. The van der Waals surface area contributed by atoms with E-state index in [1.165, 1.54) is 18.2 Å². The van der Waals surface area contributed by atoms with E-state index in [4.69, 9.17) is 4.55 Å². The van der Waals surface area contributed by atoms with Crippen molar-refractivity contribution in [2.45, 2.75) is 10.2 Å². The monoisotopic (exact) mass is 332 g/mol. The summed E-state index contributed by atoms with van der Waals surface area (Å²) in [5.41, 5.74) is -0.161. The Bertz CT molecular complexity index is 806. The summed E-state index contributed by atoms with van der Waals surface area (Å²) in [6.45, 7) is 0. The Balaban J connectivity index is 2.76. The largest absolute Gasteiger partial charge is 0.368 e. The molecule has 2 rings (SSSR count). The molecule has 3 N–H and O–H groups in total. The third kappa shape index (κ3) is 2.65. The van der Waals surface area contributed by atoms with Crippen molar-refractivity contribution < 1.29 is 31.0 Å². The Hall–Kier alpha value is -1.52. The highest BCUT2D eigenvalue weighted by Gasteiger charge is 2.56. The summed E-state index contributed by atoms with van der Waals surface area (Å²) in [6, 6.07) is 7.59. The van der Waals surface area contributed by atoms with Gasteiger partial charge in [0.2, 0.25) is 4.93 Å². The van der Waals surface area contributed by atoms with Crippen LogP contribution in [0, 0.1) is 0 Å². The summed E-state index contributed by atoms with van der Waals surface area (Å²) in [7, 11) is -10.2. The van der Waals surface area contributed by atoms with Crippen LogP contribution >= 0.6 is 0 Å². The van der Waals surface area contributed by atoms with E-state index in [9.17, 15) is 26.5 Å². The Morgan fingerprint density at radius 2 is 1.57 bits per heavy atom. The second-order valence-corrected chi connectivity index (χ2v) is 7.55. The Kier molecular flexibility index (Phi) is 3.80. The molecule has 0 aliphatic heterocycles. The lowest BCUT2D eigenvalue weighted by molar-refractivity contribution is 0.171. The molecule has 0 radical (unpaired) electrons. The van der Waals surface area contributed by atoms with Crippen LogP contribution in [0.3, 0.4) is 0 Å². The first-order valence-corrected chi connectivity index (χ1v) is 8.63. The van der Waals surface area contributed by atoms with E-state index in [0.717, 1.165) is 12.2 Å². The molecule has 0 heterocycles. The average molecular weight is 332 g/mol. The highest BCUT2D eigenvalue weighted by atomic mass is 32.2. The third-order valence-electron chi connectivity index (χ3n) is 3.12. The zero-order valence-electron chi connectivity index (χ0n) is 10.5. The molecule has 9 heteroatoms. The van der Waals surface area contributed by atoms with Crippen molar-refractivity contribution in [1.29, 1.82) is 0 Å². The summed E-state index contributed by atoms with van der Waals surface area (Å²) < 4.78 is 64.4. The molecule has 114 valence electrons. The van der Waals surface area contributed by atoms with Gasteiger partial charge in [-0.3, -0.25) is 9.11 Å². The topological polar surface area (TPSA) is 129 Å². The highest BCUT2D eigenvalue weighted by molar-refractivity contribution is 7.91. The minimum atomic E-state index is -5.26. The van der Waals surface area contributed by atoms with Gasteiger partial charge in [0.05, 0.1) is 0 Å². The second-order valence-electron chi connectivity index (χ2n) is 4.44. The van der Waals surface area contributed by atoms with Crippen molar-refractivity contribution in [3.05, 3.63) is 54.1 Å². The van der Waals surface area contributed by atoms with E-state index in [1.54, 1.807) is 18.2 Å². The molecular formula is C12H12O7S2. The van der Waals surface area contributed by atoms with E-state index in [1.807, 2.05) is 0 Å². The maximum atomic E-state index is 11.6. The predicted octanol–water partition coefficient (Wildman–Crippen LogP) is 0.473. The lowest BCUT2D eigenvalue weighted by Gasteiger charge is -2.33. The van der Waals surface area contributed by atoms with Gasteiger partial charge in [-0.25, -0.2) is 0 Å². The molecule has 0 fully saturated rings. The van der Waals surface area contributed by atoms with Crippen LogP contribution in [-0.2, 0) is 20.2 Å². The maximum Gasteiger partial charge on any atom is 0.301 e. The number of hydrogen-bond donors (Lipinski definition) is 3. The van der Waals surface area contributed by atoms with Crippen LogP contribution in [0.15, 0.2) is 48.6 Å². The predicted molar refractivity (Wildman–Crippen MR) is 75.4 cm³/mol. The van der Waals surface area contributed by atoms with Gasteiger partial charge in [0.1, 0.15) is 0 Å². The Morgan fingerprint density at radius 1 is 1.00 bits per heavy atom. The first kappa shape index (κ1) is 15.9. The minimum absolute atomic E-state index is 0.190. The molecule has 0 amide bonds. The average Bonchev–Trinajstić information content (AvgIpc) is 2.37. The van der Waals surface area contributed by atoms with Crippen LogP contribution < -0.4 is 0 Å².